The molecule has 5 aromatic rings. The molecule has 2 N–H and O–H groups in total. The number of nitrogens with two attached hydrogens (primary N) is 1. The first-order valence-corrected chi connectivity index (χ1v) is 9.49. The van der Waals surface area contributed by atoms with Crippen molar-refractivity contribution in [3.8, 4) is 11.3 Å². The zero-order valence-corrected chi connectivity index (χ0v) is 15.4. The maximum absolute atomic E-state index is 6.76. The molecule has 0 bridgehead atoms. The van der Waals surface area contributed by atoms with Gasteiger partial charge in [-0.3, -0.25) is 4.98 Å². The van der Waals surface area contributed by atoms with Gasteiger partial charge in [-0.2, -0.15) is 0 Å². The fourth-order valence-corrected chi connectivity index (χ4v) is 3.89. The first-order valence-electron chi connectivity index (χ1n) is 9.49. The summed E-state index contributed by atoms with van der Waals surface area (Å²) >= 11 is 0. The number of nitrogens with zero attached hydrogens (tertiary/aromatic N) is 1. The van der Waals surface area contributed by atoms with E-state index in [1.807, 2.05) is 36.4 Å². The van der Waals surface area contributed by atoms with Crippen LogP contribution in [0.2, 0.25) is 0 Å². The summed E-state index contributed by atoms with van der Waals surface area (Å²) in [4.78, 5) is 4.88. The molecular weight excluding hydrogens is 340 g/mol. The van der Waals surface area contributed by atoms with Crippen LogP contribution in [-0.4, -0.2) is 4.98 Å². The maximum atomic E-state index is 6.76. The summed E-state index contributed by atoms with van der Waals surface area (Å²) < 4.78 is 0. The standard InChI is InChI=1S/C26H20N2/c27-26(25-16-8-15-24(28-25)18-9-2-1-3-10-18)23-17-19-11-4-5-12-20(19)21-13-6-7-14-22(21)23/h1-17,26H,27H2. The van der Waals surface area contributed by atoms with Gasteiger partial charge in [0.05, 0.1) is 17.4 Å². The van der Waals surface area contributed by atoms with Crippen LogP contribution in [0.3, 0.4) is 0 Å². The van der Waals surface area contributed by atoms with E-state index in [2.05, 4.69) is 66.7 Å². The van der Waals surface area contributed by atoms with Crippen LogP contribution in [0, 0.1) is 0 Å². The van der Waals surface area contributed by atoms with Crippen molar-refractivity contribution in [2.45, 2.75) is 6.04 Å². The van der Waals surface area contributed by atoms with Crippen LogP contribution in [0.15, 0.2) is 103 Å². The Bertz CT molecular complexity index is 1280. The Labute approximate surface area is 164 Å². The summed E-state index contributed by atoms with van der Waals surface area (Å²) in [6.45, 7) is 0. The fraction of sp³-hybridized carbons (Fsp3) is 0.0385. The Kier molecular flexibility index (Phi) is 4.12. The molecule has 134 valence electrons. The fourth-order valence-electron chi connectivity index (χ4n) is 3.89. The van der Waals surface area contributed by atoms with Crippen molar-refractivity contribution >= 4 is 21.5 Å². The van der Waals surface area contributed by atoms with Gasteiger partial charge in [0.2, 0.25) is 0 Å². The lowest BCUT2D eigenvalue weighted by atomic mass is 9.92. The monoisotopic (exact) mass is 360 g/mol. The Balaban J connectivity index is 1.68. The quantitative estimate of drug-likeness (QED) is 0.395. The molecule has 0 fully saturated rings. The number of aromatic nitrogens is 1. The summed E-state index contributed by atoms with van der Waals surface area (Å²) in [5, 5.41) is 4.86. The van der Waals surface area contributed by atoms with Crippen molar-refractivity contribution in [2.24, 2.45) is 5.73 Å². The molecule has 0 spiro atoms. The van der Waals surface area contributed by atoms with E-state index in [1.54, 1.807) is 0 Å². The highest BCUT2D eigenvalue weighted by Crippen LogP contribution is 2.33. The van der Waals surface area contributed by atoms with Crippen molar-refractivity contribution in [1.82, 2.24) is 4.98 Å². The molecule has 2 nitrogen and oxygen atoms in total. The molecule has 5 rings (SSSR count). The Morgan fingerprint density at radius 2 is 1.29 bits per heavy atom. The lowest BCUT2D eigenvalue weighted by Crippen LogP contribution is -2.14. The molecule has 0 saturated heterocycles. The molecule has 0 radical (unpaired) electrons. The van der Waals surface area contributed by atoms with Crippen LogP contribution >= 0.6 is 0 Å². The minimum atomic E-state index is -0.293. The molecule has 1 atom stereocenters. The summed E-state index contributed by atoms with van der Waals surface area (Å²) in [6, 6.07) is 35.1. The Morgan fingerprint density at radius 1 is 0.607 bits per heavy atom. The molecular formula is C26H20N2. The Hall–Kier alpha value is -3.49. The third kappa shape index (κ3) is 2.84. The second-order valence-corrected chi connectivity index (χ2v) is 7.02. The van der Waals surface area contributed by atoms with Crippen molar-refractivity contribution in [2.75, 3.05) is 0 Å². The molecule has 0 saturated carbocycles. The summed E-state index contributed by atoms with van der Waals surface area (Å²) in [6.07, 6.45) is 0. The number of rotatable bonds is 3. The van der Waals surface area contributed by atoms with Gasteiger partial charge < -0.3 is 5.73 Å². The number of benzene rings is 4. The SMILES string of the molecule is NC(c1cccc(-c2ccccc2)n1)c1cc2ccccc2c2ccccc12. The first kappa shape index (κ1) is 16.7. The van der Waals surface area contributed by atoms with Gasteiger partial charge in [0.15, 0.2) is 0 Å². The van der Waals surface area contributed by atoms with Gasteiger partial charge in [-0.15, -0.1) is 0 Å². The topological polar surface area (TPSA) is 38.9 Å². The van der Waals surface area contributed by atoms with E-state index < -0.39 is 0 Å². The molecule has 2 heteroatoms. The van der Waals surface area contributed by atoms with Crippen molar-refractivity contribution < 1.29 is 0 Å². The molecule has 4 aromatic carbocycles. The molecule has 0 aliphatic rings. The average molecular weight is 360 g/mol. The van der Waals surface area contributed by atoms with E-state index in [0.29, 0.717) is 0 Å². The van der Waals surface area contributed by atoms with Gasteiger partial charge in [-0.05, 0) is 45.3 Å². The predicted octanol–water partition coefficient (Wildman–Crippen LogP) is 6.10. The molecule has 28 heavy (non-hydrogen) atoms. The van der Waals surface area contributed by atoms with E-state index in [-0.39, 0.29) is 6.04 Å². The zero-order valence-electron chi connectivity index (χ0n) is 15.4. The zero-order chi connectivity index (χ0) is 18.9. The lowest BCUT2D eigenvalue weighted by Gasteiger charge is -2.17. The van der Waals surface area contributed by atoms with Crippen LogP contribution in [0.4, 0.5) is 0 Å². The molecule has 1 unspecified atom stereocenters. The smallest absolute Gasteiger partial charge is 0.0732 e. The number of pyridine rings is 1. The van der Waals surface area contributed by atoms with Crippen LogP contribution in [0.5, 0.6) is 0 Å². The molecule has 0 amide bonds. The van der Waals surface area contributed by atoms with Gasteiger partial charge in [0, 0.05) is 5.56 Å². The van der Waals surface area contributed by atoms with Gasteiger partial charge in [0.1, 0.15) is 0 Å². The summed E-state index contributed by atoms with van der Waals surface area (Å²) in [5.74, 6) is 0. The molecule has 1 aromatic heterocycles. The van der Waals surface area contributed by atoms with Crippen molar-refractivity contribution in [1.29, 1.82) is 0 Å². The molecule has 0 aliphatic heterocycles. The number of hydrogen-bond acceptors (Lipinski definition) is 2. The second-order valence-electron chi connectivity index (χ2n) is 7.02. The van der Waals surface area contributed by atoms with Crippen LogP contribution in [0.1, 0.15) is 17.3 Å². The Morgan fingerprint density at radius 3 is 2.11 bits per heavy atom. The van der Waals surface area contributed by atoms with Crippen molar-refractivity contribution in [3.63, 3.8) is 0 Å². The summed E-state index contributed by atoms with van der Waals surface area (Å²) in [7, 11) is 0. The third-order valence-corrected chi connectivity index (χ3v) is 5.29. The normalized spacial score (nSPS) is 12.3. The average Bonchev–Trinajstić information content (AvgIpc) is 2.79. The molecule has 1 heterocycles. The van der Waals surface area contributed by atoms with Crippen LogP contribution < -0.4 is 5.73 Å². The van der Waals surface area contributed by atoms with Gasteiger partial charge in [-0.25, -0.2) is 0 Å². The van der Waals surface area contributed by atoms with Crippen LogP contribution in [-0.2, 0) is 0 Å². The predicted molar refractivity (Wildman–Crippen MR) is 117 cm³/mol. The van der Waals surface area contributed by atoms with E-state index in [9.17, 15) is 0 Å². The second kappa shape index (κ2) is 6.91. The number of fused-ring (bicyclic) bond motifs is 3. The van der Waals surface area contributed by atoms with Gasteiger partial charge in [-0.1, -0.05) is 84.9 Å². The van der Waals surface area contributed by atoms with E-state index in [0.717, 1.165) is 22.5 Å². The van der Waals surface area contributed by atoms with Crippen molar-refractivity contribution in [3.05, 3.63) is 114 Å². The minimum Gasteiger partial charge on any atom is -0.319 e. The van der Waals surface area contributed by atoms with E-state index >= 15 is 0 Å². The lowest BCUT2D eigenvalue weighted by molar-refractivity contribution is 0.839. The van der Waals surface area contributed by atoms with E-state index in [4.69, 9.17) is 10.7 Å². The van der Waals surface area contributed by atoms with Crippen LogP contribution in [0.25, 0.3) is 32.8 Å². The van der Waals surface area contributed by atoms with E-state index in [1.165, 1.54) is 21.5 Å². The third-order valence-electron chi connectivity index (χ3n) is 5.29. The summed E-state index contributed by atoms with van der Waals surface area (Å²) in [5.41, 5.74) is 10.8. The number of hydrogen-bond donors (Lipinski definition) is 1. The first-order chi connectivity index (χ1) is 13.8. The van der Waals surface area contributed by atoms with Gasteiger partial charge >= 0.3 is 0 Å². The highest BCUT2D eigenvalue weighted by atomic mass is 14.8. The maximum Gasteiger partial charge on any atom is 0.0732 e. The highest BCUT2D eigenvalue weighted by Gasteiger charge is 2.16. The van der Waals surface area contributed by atoms with Gasteiger partial charge in [0.25, 0.3) is 0 Å². The minimum absolute atomic E-state index is 0.293. The largest absolute Gasteiger partial charge is 0.319 e. The molecule has 0 aliphatic carbocycles. The highest BCUT2D eigenvalue weighted by molar-refractivity contribution is 6.09.